The van der Waals surface area contributed by atoms with Crippen LogP contribution in [0.3, 0.4) is 0 Å². The quantitative estimate of drug-likeness (QED) is 0.513. The monoisotopic (exact) mass is 320 g/mol. The van der Waals surface area contributed by atoms with E-state index in [-0.39, 0.29) is 10.8 Å². The smallest absolute Gasteiger partial charge is 0.332 e. The van der Waals surface area contributed by atoms with Gasteiger partial charge >= 0.3 is 11.9 Å². The van der Waals surface area contributed by atoms with Crippen molar-refractivity contribution in [2.24, 2.45) is 5.92 Å². The molecule has 0 heterocycles. The van der Waals surface area contributed by atoms with Gasteiger partial charge in [0.1, 0.15) is 5.92 Å². The van der Waals surface area contributed by atoms with Gasteiger partial charge in [-0.25, -0.2) is 4.79 Å². The minimum absolute atomic E-state index is 0.193. The van der Waals surface area contributed by atoms with E-state index >= 15 is 0 Å². The van der Waals surface area contributed by atoms with E-state index in [1.54, 1.807) is 19.9 Å². The Bertz CT molecular complexity index is 468. The van der Waals surface area contributed by atoms with Gasteiger partial charge in [0, 0.05) is 10.5 Å². The van der Waals surface area contributed by atoms with E-state index in [2.05, 4.69) is 37.9 Å². The zero-order valence-corrected chi connectivity index (χ0v) is 13.1. The Morgan fingerprint density at radius 3 is 2.11 bits per heavy atom. The van der Waals surface area contributed by atoms with Gasteiger partial charge in [-0.15, -0.1) is 0 Å². The Kier molecular flexibility index (Phi) is 5.08. The third kappa shape index (κ3) is 2.83. The van der Waals surface area contributed by atoms with Crippen molar-refractivity contribution in [3.63, 3.8) is 0 Å². The summed E-state index contributed by atoms with van der Waals surface area (Å²) in [5, 5.41) is 17.9. The molecule has 7 heteroatoms. The predicted octanol–water partition coefficient (Wildman–Crippen LogP) is 1.94. The van der Waals surface area contributed by atoms with Gasteiger partial charge in [0.15, 0.2) is 0 Å². The highest BCUT2D eigenvalue weighted by atomic mass is 32.1. The van der Waals surface area contributed by atoms with Crippen LogP contribution >= 0.6 is 37.9 Å². The molecule has 4 unspecified atom stereocenters. The number of aliphatic carboxylic acids is 2. The molecule has 0 spiro atoms. The summed E-state index contributed by atoms with van der Waals surface area (Å²) in [4.78, 5) is 22.7. The highest BCUT2D eigenvalue weighted by Crippen LogP contribution is 2.47. The van der Waals surface area contributed by atoms with Gasteiger partial charge in [-0.3, -0.25) is 4.79 Å². The lowest BCUT2D eigenvalue weighted by molar-refractivity contribution is -0.144. The number of hydrogen-bond donors (Lipinski definition) is 5. The fraction of sp³-hybridized carbons (Fsp3) is 0.500. The predicted molar refractivity (Wildman–Crippen MR) is 83.5 cm³/mol. The minimum atomic E-state index is -1.27. The molecule has 1 aliphatic carbocycles. The molecule has 0 saturated carbocycles. The van der Waals surface area contributed by atoms with Crippen LogP contribution in [0.25, 0.3) is 0 Å². The summed E-state index contributed by atoms with van der Waals surface area (Å²) in [6.45, 7) is 3.48. The molecule has 0 aromatic heterocycles. The van der Waals surface area contributed by atoms with E-state index in [4.69, 9.17) is 5.11 Å². The van der Waals surface area contributed by atoms with Crippen LogP contribution < -0.4 is 0 Å². The number of allylic oxidation sites excluding steroid dienone is 2. The standard InChI is InChI=1S/C12H16O4S3/c1-5(17)8-4-3-7(10(13)14)9(11(15)16)12(8,19)6(2)18/h3-6,9,17-19H,1-2H3,(H,13,14)(H,15,16). The summed E-state index contributed by atoms with van der Waals surface area (Å²) < 4.78 is -1.20. The summed E-state index contributed by atoms with van der Waals surface area (Å²) in [6, 6.07) is 0. The van der Waals surface area contributed by atoms with Crippen LogP contribution in [0.15, 0.2) is 23.3 Å². The third-order valence-electron chi connectivity index (χ3n) is 3.24. The summed E-state index contributed by atoms with van der Waals surface area (Å²) >= 11 is 13.1. The number of carbonyl (C=O) groups is 2. The molecule has 0 aromatic rings. The van der Waals surface area contributed by atoms with Crippen LogP contribution in [0.5, 0.6) is 0 Å². The number of hydrogen-bond acceptors (Lipinski definition) is 5. The summed E-state index contributed by atoms with van der Waals surface area (Å²) in [6.07, 6.45) is 2.90. The molecule has 0 saturated heterocycles. The first-order chi connectivity index (χ1) is 8.63. The number of carboxylic acid groups (broad SMARTS) is 2. The molecule has 106 valence electrons. The fourth-order valence-electron chi connectivity index (χ4n) is 2.29. The second-order valence-corrected chi connectivity index (χ2v) is 6.79. The molecule has 0 radical (unpaired) electrons. The largest absolute Gasteiger partial charge is 0.481 e. The number of rotatable bonds is 4. The molecule has 0 aliphatic heterocycles. The van der Waals surface area contributed by atoms with E-state index in [0.29, 0.717) is 5.57 Å². The van der Waals surface area contributed by atoms with Crippen LogP contribution in [-0.2, 0) is 9.59 Å². The van der Waals surface area contributed by atoms with Crippen LogP contribution in [0.2, 0.25) is 0 Å². The summed E-state index contributed by atoms with van der Waals surface area (Å²) in [7, 11) is 0. The van der Waals surface area contributed by atoms with Gasteiger partial charge in [0.2, 0.25) is 0 Å². The molecular weight excluding hydrogens is 304 g/mol. The van der Waals surface area contributed by atoms with Crippen molar-refractivity contribution in [1.29, 1.82) is 0 Å². The molecule has 1 rings (SSSR count). The highest BCUT2D eigenvalue weighted by Gasteiger charge is 2.51. The zero-order valence-electron chi connectivity index (χ0n) is 10.4. The highest BCUT2D eigenvalue weighted by molar-refractivity contribution is 7.86. The van der Waals surface area contributed by atoms with Crippen molar-refractivity contribution >= 4 is 49.8 Å². The first kappa shape index (κ1) is 16.5. The molecule has 4 nitrogen and oxygen atoms in total. The van der Waals surface area contributed by atoms with E-state index in [9.17, 15) is 14.7 Å². The van der Waals surface area contributed by atoms with E-state index in [1.807, 2.05) is 0 Å². The molecule has 2 N–H and O–H groups in total. The van der Waals surface area contributed by atoms with Crippen molar-refractivity contribution in [2.45, 2.75) is 29.1 Å². The molecule has 0 amide bonds. The Morgan fingerprint density at radius 2 is 1.79 bits per heavy atom. The van der Waals surface area contributed by atoms with Crippen LogP contribution in [0.1, 0.15) is 13.8 Å². The minimum Gasteiger partial charge on any atom is -0.481 e. The fourth-order valence-corrected chi connectivity index (χ4v) is 3.50. The normalized spacial score (nSPS) is 30.1. The van der Waals surface area contributed by atoms with E-state index in [0.717, 1.165) is 0 Å². The van der Waals surface area contributed by atoms with Crippen LogP contribution in [0, 0.1) is 5.92 Å². The molecule has 1 aliphatic rings. The number of carboxylic acids is 2. The first-order valence-electron chi connectivity index (χ1n) is 5.60. The van der Waals surface area contributed by atoms with E-state index < -0.39 is 27.9 Å². The van der Waals surface area contributed by atoms with Crippen LogP contribution in [-0.4, -0.2) is 37.4 Å². The Hall–Kier alpha value is -0.530. The summed E-state index contributed by atoms with van der Waals surface area (Å²) in [5.41, 5.74) is 0.459. The van der Waals surface area contributed by atoms with Crippen molar-refractivity contribution in [3.05, 3.63) is 23.3 Å². The third-order valence-corrected chi connectivity index (χ3v) is 5.03. The molecule has 0 fully saturated rings. The second kappa shape index (κ2) is 5.85. The molecule has 0 aromatic carbocycles. The van der Waals surface area contributed by atoms with Gasteiger partial charge < -0.3 is 10.2 Å². The van der Waals surface area contributed by atoms with Gasteiger partial charge in [-0.05, 0) is 12.5 Å². The van der Waals surface area contributed by atoms with Gasteiger partial charge in [-0.2, -0.15) is 37.9 Å². The van der Waals surface area contributed by atoms with Gasteiger partial charge in [0.25, 0.3) is 0 Å². The Balaban J connectivity index is 3.53. The number of thiol groups is 3. The lowest BCUT2D eigenvalue weighted by atomic mass is 9.73. The molecular formula is C12H16O4S3. The Labute approximate surface area is 128 Å². The maximum Gasteiger partial charge on any atom is 0.332 e. The molecule has 4 atom stereocenters. The topological polar surface area (TPSA) is 74.6 Å². The maximum absolute atomic E-state index is 11.5. The maximum atomic E-state index is 11.5. The molecule has 0 bridgehead atoms. The first-order valence-corrected chi connectivity index (χ1v) is 7.08. The Morgan fingerprint density at radius 1 is 1.26 bits per heavy atom. The van der Waals surface area contributed by atoms with Gasteiger partial charge in [0.05, 0.1) is 10.3 Å². The summed E-state index contributed by atoms with van der Waals surface area (Å²) in [5.74, 6) is -3.76. The van der Waals surface area contributed by atoms with E-state index in [1.165, 1.54) is 6.08 Å². The van der Waals surface area contributed by atoms with Crippen molar-refractivity contribution < 1.29 is 19.8 Å². The zero-order chi connectivity index (χ0) is 15.0. The lowest BCUT2D eigenvalue weighted by Gasteiger charge is -2.43. The molecule has 19 heavy (non-hydrogen) atoms. The van der Waals surface area contributed by atoms with Gasteiger partial charge in [-0.1, -0.05) is 19.1 Å². The van der Waals surface area contributed by atoms with Crippen molar-refractivity contribution in [1.82, 2.24) is 0 Å². The van der Waals surface area contributed by atoms with Crippen LogP contribution in [0.4, 0.5) is 0 Å². The van der Waals surface area contributed by atoms with Crippen molar-refractivity contribution in [2.75, 3.05) is 0 Å². The average Bonchev–Trinajstić information content (AvgIpc) is 2.26. The second-order valence-electron chi connectivity index (χ2n) is 4.50. The SMILES string of the molecule is CC(S)C1=CC=C(C(=O)O)C(C(=O)O)C1(S)C(C)S. The van der Waals surface area contributed by atoms with Crippen molar-refractivity contribution in [3.8, 4) is 0 Å². The average molecular weight is 320 g/mol. The lowest BCUT2D eigenvalue weighted by Crippen LogP contribution is -2.50.